The van der Waals surface area contributed by atoms with E-state index in [1.807, 2.05) is 0 Å². The molecule has 0 spiro atoms. The maximum absolute atomic E-state index is 13.8. The Kier molecular flexibility index (Phi) is 5.11. The predicted octanol–water partition coefficient (Wildman–Crippen LogP) is 3.03. The summed E-state index contributed by atoms with van der Waals surface area (Å²) >= 11 is 0. The lowest BCUT2D eigenvalue weighted by Crippen LogP contribution is -2.44. The van der Waals surface area contributed by atoms with Crippen molar-refractivity contribution in [2.45, 2.75) is 38.0 Å². The van der Waals surface area contributed by atoms with Crippen molar-refractivity contribution in [2.75, 3.05) is 26.2 Å². The van der Waals surface area contributed by atoms with E-state index >= 15 is 0 Å². The number of nitrogens with zero attached hydrogens (tertiary/aromatic N) is 2. The van der Waals surface area contributed by atoms with E-state index in [4.69, 9.17) is 4.74 Å². The maximum Gasteiger partial charge on any atom is 0.191 e. The third-order valence-corrected chi connectivity index (χ3v) is 5.36. The molecule has 1 aromatic carbocycles. The molecular formula is C20H24F2N3O. The van der Waals surface area contributed by atoms with Gasteiger partial charge in [-0.3, -0.25) is 4.90 Å². The van der Waals surface area contributed by atoms with Crippen LogP contribution >= 0.6 is 0 Å². The van der Waals surface area contributed by atoms with Crippen LogP contribution in [-0.2, 0) is 0 Å². The Morgan fingerprint density at radius 1 is 1.08 bits per heavy atom. The summed E-state index contributed by atoms with van der Waals surface area (Å²) in [5, 5.41) is 3.26. The Balaban J connectivity index is 1.36. The number of dihydropyridines is 1. The van der Waals surface area contributed by atoms with Crippen molar-refractivity contribution in [1.82, 2.24) is 15.1 Å². The van der Waals surface area contributed by atoms with E-state index in [1.54, 1.807) is 12.2 Å². The molecule has 3 aliphatic rings. The first-order valence-corrected chi connectivity index (χ1v) is 9.36. The van der Waals surface area contributed by atoms with Gasteiger partial charge in [0.2, 0.25) is 0 Å². The number of benzene rings is 1. The van der Waals surface area contributed by atoms with Crippen molar-refractivity contribution in [2.24, 2.45) is 0 Å². The van der Waals surface area contributed by atoms with Gasteiger partial charge in [0.25, 0.3) is 0 Å². The minimum atomic E-state index is -0.703. The van der Waals surface area contributed by atoms with Crippen LogP contribution in [0.4, 0.5) is 8.78 Å². The van der Waals surface area contributed by atoms with Gasteiger partial charge in [0.05, 0.1) is 0 Å². The van der Waals surface area contributed by atoms with Crippen LogP contribution < -0.4 is 10.1 Å². The number of hydrogen-bond acceptors (Lipinski definition) is 4. The molecule has 1 aromatic rings. The highest BCUT2D eigenvalue weighted by atomic mass is 19.1. The number of rotatable bonds is 4. The molecule has 1 saturated carbocycles. The fourth-order valence-electron chi connectivity index (χ4n) is 3.68. The molecule has 1 saturated heterocycles. The first-order chi connectivity index (χ1) is 12.7. The molecule has 4 rings (SSSR count). The summed E-state index contributed by atoms with van der Waals surface area (Å²) in [6.45, 7) is 4.10. The van der Waals surface area contributed by atoms with Crippen LogP contribution in [0.3, 0.4) is 0 Å². The predicted molar refractivity (Wildman–Crippen MR) is 95.2 cm³/mol. The van der Waals surface area contributed by atoms with Gasteiger partial charge in [-0.15, -0.1) is 0 Å². The molecule has 139 valence electrons. The zero-order chi connectivity index (χ0) is 17.9. The van der Waals surface area contributed by atoms with Crippen molar-refractivity contribution < 1.29 is 13.5 Å². The zero-order valence-electron chi connectivity index (χ0n) is 14.8. The standard InChI is InChI=1S/C20H24F2N3O/c21-15-8-9-18(17(22)14-15)26-20-7-2-6-19(23-20)25-11-3-10-24(12-13-25)16-4-1-5-16/h2,7-9,14,16,20,23H,1,3-5,10-13H2. The van der Waals surface area contributed by atoms with Gasteiger partial charge in [-0.05, 0) is 43.5 Å². The van der Waals surface area contributed by atoms with Crippen LogP contribution in [0.15, 0.2) is 36.2 Å². The van der Waals surface area contributed by atoms with Gasteiger partial charge in [-0.2, -0.15) is 0 Å². The fraction of sp³-hybridized carbons (Fsp3) is 0.500. The van der Waals surface area contributed by atoms with Crippen molar-refractivity contribution in [3.63, 3.8) is 0 Å². The Hall–Kier alpha value is -2.08. The van der Waals surface area contributed by atoms with Gasteiger partial charge in [-0.25, -0.2) is 8.78 Å². The first kappa shape index (κ1) is 17.3. The summed E-state index contributed by atoms with van der Waals surface area (Å²) in [6, 6.07) is 4.10. The van der Waals surface area contributed by atoms with Crippen LogP contribution in [0.1, 0.15) is 25.7 Å². The zero-order valence-corrected chi connectivity index (χ0v) is 14.8. The lowest BCUT2D eigenvalue weighted by atomic mass is 9.91. The molecular weight excluding hydrogens is 336 g/mol. The molecule has 26 heavy (non-hydrogen) atoms. The lowest BCUT2D eigenvalue weighted by molar-refractivity contribution is 0.131. The molecule has 0 amide bonds. The number of allylic oxidation sites excluding steroid dienone is 2. The number of ether oxygens (including phenoxy) is 1. The molecule has 1 aliphatic carbocycles. The van der Waals surface area contributed by atoms with E-state index in [9.17, 15) is 8.78 Å². The second kappa shape index (κ2) is 7.66. The van der Waals surface area contributed by atoms with Gasteiger partial charge in [0.1, 0.15) is 11.6 Å². The summed E-state index contributed by atoms with van der Waals surface area (Å²) in [7, 11) is 0. The van der Waals surface area contributed by atoms with Gasteiger partial charge < -0.3 is 15.0 Å². The van der Waals surface area contributed by atoms with Crippen LogP contribution in [0, 0.1) is 17.7 Å². The van der Waals surface area contributed by atoms with Crippen molar-refractivity contribution in [1.29, 1.82) is 0 Å². The molecule has 1 N–H and O–H groups in total. The average Bonchev–Trinajstić information content (AvgIpc) is 2.82. The largest absolute Gasteiger partial charge is 0.464 e. The quantitative estimate of drug-likeness (QED) is 0.893. The van der Waals surface area contributed by atoms with Gasteiger partial charge in [0.15, 0.2) is 17.8 Å². The molecule has 1 atom stereocenters. The fourth-order valence-corrected chi connectivity index (χ4v) is 3.68. The Labute approximate surface area is 153 Å². The van der Waals surface area contributed by atoms with Crippen LogP contribution in [-0.4, -0.2) is 48.2 Å². The first-order valence-electron chi connectivity index (χ1n) is 9.36. The Morgan fingerprint density at radius 3 is 2.73 bits per heavy atom. The summed E-state index contributed by atoms with van der Waals surface area (Å²) in [5.41, 5.74) is 0. The summed E-state index contributed by atoms with van der Waals surface area (Å²) in [5.74, 6) is -0.417. The van der Waals surface area contributed by atoms with Crippen molar-refractivity contribution >= 4 is 0 Å². The Bertz CT molecular complexity index is 702. The van der Waals surface area contributed by atoms with Crippen molar-refractivity contribution in [3.8, 4) is 5.75 Å². The van der Waals surface area contributed by atoms with E-state index in [0.29, 0.717) is 0 Å². The Morgan fingerprint density at radius 2 is 1.96 bits per heavy atom. The molecule has 2 fully saturated rings. The molecule has 2 heterocycles. The van der Waals surface area contributed by atoms with E-state index in [0.717, 1.165) is 50.5 Å². The minimum absolute atomic E-state index is 0.0295. The topological polar surface area (TPSA) is 27.7 Å². The summed E-state index contributed by atoms with van der Waals surface area (Å²) < 4.78 is 32.5. The molecule has 2 aliphatic heterocycles. The molecule has 1 radical (unpaired) electrons. The molecule has 0 bridgehead atoms. The molecule has 1 unspecified atom stereocenters. The van der Waals surface area contributed by atoms with E-state index in [2.05, 4.69) is 21.2 Å². The lowest BCUT2D eigenvalue weighted by Gasteiger charge is -2.37. The summed E-state index contributed by atoms with van der Waals surface area (Å²) in [6.07, 6.45) is 11.4. The number of hydrogen-bond donors (Lipinski definition) is 1. The molecule has 4 nitrogen and oxygen atoms in total. The highest BCUT2D eigenvalue weighted by molar-refractivity contribution is 5.26. The van der Waals surface area contributed by atoms with Gasteiger partial charge in [0, 0.05) is 44.4 Å². The molecule has 0 aromatic heterocycles. The van der Waals surface area contributed by atoms with E-state index in [-0.39, 0.29) is 5.75 Å². The van der Waals surface area contributed by atoms with Crippen LogP contribution in [0.25, 0.3) is 0 Å². The van der Waals surface area contributed by atoms with Gasteiger partial charge in [-0.1, -0.05) is 6.42 Å². The second-order valence-electron chi connectivity index (χ2n) is 7.07. The monoisotopic (exact) mass is 360 g/mol. The third-order valence-electron chi connectivity index (χ3n) is 5.36. The highest BCUT2D eigenvalue weighted by Gasteiger charge is 2.27. The minimum Gasteiger partial charge on any atom is -0.464 e. The molecule has 6 heteroatoms. The van der Waals surface area contributed by atoms with Crippen molar-refractivity contribution in [3.05, 3.63) is 53.9 Å². The van der Waals surface area contributed by atoms with Crippen LogP contribution in [0.5, 0.6) is 5.75 Å². The van der Waals surface area contributed by atoms with Crippen LogP contribution in [0.2, 0.25) is 0 Å². The SMILES string of the molecule is Fc1ccc(OC2C=C[C]=C(N3CCCN(C4CCC4)CC3)N2)c(F)c1. The van der Waals surface area contributed by atoms with E-state index < -0.39 is 17.9 Å². The number of halogens is 2. The average molecular weight is 360 g/mol. The van der Waals surface area contributed by atoms with Gasteiger partial charge >= 0.3 is 0 Å². The highest BCUT2D eigenvalue weighted by Crippen LogP contribution is 2.26. The number of nitrogens with one attached hydrogen (secondary N) is 1. The third kappa shape index (κ3) is 3.85. The second-order valence-corrected chi connectivity index (χ2v) is 7.07. The summed E-state index contributed by atoms with van der Waals surface area (Å²) in [4.78, 5) is 4.88. The smallest absolute Gasteiger partial charge is 0.191 e. The normalized spacial score (nSPS) is 24.5. The maximum atomic E-state index is 13.8. The van der Waals surface area contributed by atoms with E-state index in [1.165, 1.54) is 31.4 Å².